The summed E-state index contributed by atoms with van der Waals surface area (Å²) in [5.41, 5.74) is 5.05. The van der Waals surface area contributed by atoms with Crippen LogP contribution in [-0.2, 0) is 37.8 Å². The number of hydrogen-bond acceptors (Lipinski definition) is 10. The minimum absolute atomic E-state index is 0.0485. The zero-order valence-corrected chi connectivity index (χ0v) is 20.6. The topological polar surface area (TPSA) is 161 Å². The Morgan fingerprint density at radius 3 is 2.74 bits per heavy atom. The molecule has 5 rings (SSSR count). The number of pyridine rings is 2. The van der Waals surface area contributed by atoms with Gasteiger partial charge in [0.2, 0.25) is 5.60 Å². The lowest BCUT2D eigenvalue weighted by Crippen LogP contribution is -2.48. The zero-order valence-electron chi connectivity index (χ0n) is 20.6. The van der Waals surface area contributed by atoms with E-state index in [2.05, 4.69) is 10.3 Å². The highest BCUT2D eigenvalue weighted by Gasteiger charge is 2.51. The maximum Gasteiger partial charge on any atom is 0.511 e. The third kappa shape index (κ3) is 3.91. The second-order valence-electron chi connectivity index (χ2n) is 8.86. The summed E-state index contributed by atoms with van der Waals surface area (Å²) in [4.78, 5) is 54.9. The van der Waals surface area contributed by atoms with Crippen molar-refractivity contribution in [1.29, 1.82) is 0 Å². The number of benzene rings is 1. The molecule has 3 N–H and O–H groups in total. The first-order chi connectivity index (χ1) is 18.1. The van der Waals surface area contributed by atoms with E-state index in [-0.39, 0.29) is 42.0 Å². The first kappa shape index (κ1) is 25.1. The molecule has 2 aliphatic rings. The Kier molecular flexibility index (Phi) is 6.02. The van der Waals surface area contributed by atoms with E-state index in [1.165, 1.54) is 24.6 Å². The van der Waals surface area contributed by atoms with Crippen molar-refractivity contribution in [3.05, 3.63) is 57.1 Å². The standard InChI is InChI=1S/C25H23FN4O8/c1-4-25(38-24(34)36-11(2)27)15-7-18-20-13(9-30(18)21(31)14(15)10-35-22(25)32)5-12-6-19(37-23(33)28-3)16(26)8-17(12)29-20/h5-8,11H,4,9-10,27H2,1-3H3,(H,28,33)/t11?,25-/m0/s1. The molecule has 0 fully saturated rings. The van der Waals surface area contributed by atoms with E-state index >= 15 is 0 Å². The predicted octanol–water partition coefficient (Wildman–Crippen LogP) is 2.40. The van der Waals surface area contributed by atoms with Crippen molar-refractivity contribution in [3.8, 4) is 17.1 Å². The molecule has 0 radical (unpaired) electrons. The van der Waals surface area contributed by atoms with Gasteiger partial charge in [0.15, 0.2) is 17.8 Å². The van der Waals surface area contributed by atoms with E-state index in [0.29, 0.717) is 22.3 Å². The first-order valence-electron chi connectivity index (χ1n) is 11.7. The smallest absolute Gasteiger partial charge is 0.457 e. The van der Waals surface area contributed by atoms with Crippen LogP contribution in [0, 0.1) is 5.82 Å². The molecule has 3 aromatic rings. The van der Waals surface area contributed by atoms with Crippen molar-refractivity contribution in [2.45, 2.75) is 45.2 Å². The third-order valence-electron chi connectivity index (χ3n) is 6.48. The predicted molar refractivity (Wildman–Crippen MR) is 129 cm³/mol. The van der Waals surface area contributed by atoms with Crippen LogP contribution in [0.2, 0.25) is 0 Å². The average molecular weight is 526 g/mol. The van der Waals surface area contributed by atoms with Crippen LogP contribution in [0.15, 0.2) is 29.1 Å². The summed E-state index contributed by atoms with van der Waals surface area (Å²) in [6.45, 7) is 2.85. The van der Waals surface area contributed by atoms with Crippen LogP contribution < -0.4 is 21.3 Å². The van der Waals surface area contributed by atoms with Crippen LogP contribution in [0.1, 0.15) is 37.0 Å². The molecule has 13 heteroatoms. The molecule has 2 aliphatic heterocycles. The van der Waals surface area contributed by atoms with E-state index < -0.39 is 41.4 Å². The van der Waals surface area contributed by atoms with Gasteiger partial charge in [-0.05, 0) is 31.5 Å². The molecule has 38 heavy (non-hydrogen) atoms. The van der Waals surface area contributed by atoms with Gasteiger partial charge in [0.1, 0.15) is 6.61 Å². The summed E-state index contributed by atoms with van der Waals surface area (Å²) >= 11 is 0. The number of carbonyl (C=O) groups excluding carboxylic acids is 3. The largest absolute Gasteiger partial charge is 0.511 e. The number of nitrogens with zero attached hydrogens (tertiary/aromatic N) is 2. The number of hydrogen-bond donors (Lipinski definition) is 2. The van der Waals surface area contributed by atoms with Crippen LogP contribution in [0.25, 0.3) is 22.3 Å². The van der Waals surface area contributed by atoms with Gasteiger partial charge in [0.25, 0.3) is 5.56 Å². The Balaban J connectivity index is 1.65. The van der Waals surface area contributed by atoms with Gasteiger partial charge in [-0.25, -0.2) is 23.8 Å². The highest BCUT2D eigenvalue weighted by atomic mass is 19.1. The summed E-state index contributed by atoms with van der Waals surface area (Å²) in [7, 11) is 1.35. The number of carbonyl (C=O) groups is 3. The van der Waals surface area contributed by atoms with Crippen LogP contribution in [0.3, 0.4) is 0 Å². The highest BCUT2D eigenvalue weighted by molar-refractivity contribution is 5.88. The minimum atomic E-state index is -1.94. The van der Waals surface area contributed by atoms with Gasteiger partial charge in [-0.15, -0.1) is 0 Å². The van der Waals surface area contributed by atoms with Gasteiger partial charge in [-0.2, -0.15) is 0 Å². The van der Waals surface area contributed by atoms with Crippen molar-refractivity contribution < 1.29 is 37.7 Å². The third-order valence-corrected chi connectivity index (χ3v) is 6.48. The molecule has 2 atom stereocenters. The Morgan fingerprint density at radius 2 is 2.05 bits per heavy atom. The van der Waals surface area contributed by atoms with Crippen molar-refractivity contribution >= 4 is 29.1 Å². The molecule has 0 saturated heterocycles. The molecule has 1 amide bonds. The molecule has 0 aliphatic carbocycles. The number of esters is 1. The van der Waals surface area contributed by atoms with Gasteiger partial charge < -0.3 is 28.8 Å². The summed E-state index contributed by atoms with van der Waals surface area (Å²) in [5, 5.41) is 2.73. The zero-order chi connectivity index (χ0) is 27.4. The summed E-state index contributed by atoms with van der Waals surface area (Å²) in [6, 6.07) is 5.73. The van der Waals surface area contributed by atoms with Crippen LogP contribution >= 0.6 is 0 Å². The van der Waals surface area contributed by atoms with E-state index in [4.69, 9.17) is 24.7 Å². The fraction of sp³-hybridized carbons (Fsp3) is 0.320. The van der Waals surface area contributed by atoms with Gasteiger partial charge in [-0.1, -0.05) is 6.92 Å². The number of ether oxygens (including phenoxy) is 4. The maximum absolute atomic E-state index is 14.6. The molecular formula is C25H23FN4O8. The first-order valence-corrected chi connectivity index (χ1v) is 11.7. The molecular weight excluding hydrogens is 503 g/mol. The molecule has 12 nitrogen and oxygen atoms in total. The normalized spacial score (nSPS) is 18.1. The molecule has 0 saturated carbocycles. The number of nitrogens with one attached hydrogen (secondary N) is 1. The lowest BCUT2D eigenvalue weighted by atomic mass is 9.85. The van der Waals surface area contributed by atoms with Crippen LogP contribution in [-0.4, -0.2) is 41.0 Å². The van der Waals surface area contributed by atoms with Gasteiger partial charge in [-0.3, -0.25) is 10.5 Å². The Bertz CT molecular complexity index is 1580. The quantitative estimate of drug-likeness (QED) is 0.298. The summed E-state index contributed by atoms with van der Waals surface area (Å²) in [5.74, 6) is -1.93. The lowest BCUT2D eigenvalue weighted by molar-refractivity contribution is -0.176. The average Bonchev–Trinajstić information content (AvgIpc) is 3.22. The summed E-state index contributed by atoms with van der Waals surface area (Å²) in [6.07, 6.45) is -3.06. The van der Waals surface area contributed by atoms with Crippen LogP contribution in [0.4, 0.5) is 14.0 Å². The number of fused-ring (bicyclic) bond motifs is 5. The fourth-order valence-electron chi connectivity index (χ4n) is 4.69. The van der Waals surface area contributed by atoms with Crippen molar-refractivity contribution in [1.82, 2.24) is 14.9 Å². The maximum atomic E-state index is 14.6. The van der Waals surface area contributed by atoms with Crippen molar-refractivity contribution in [3.63, 3.8) is 0 Å². The number of cyclic esters (lactones) is 1. The lowest BCUT2D eigenvalue weighted by Gasteiger charge is -2.35. The number of amides is 1. The molecule has 4 heterocycles. The fourth-order valence-corrected chi connectivity index (χ4v) is 4.69. The van der Waals surface area contributed by atoms with Gasteiger partial charge in [0.05, 0.1) is 29.0 Å². The molecule has 0 spiro atoms. The van der Waals surface area contributed by atoms with Crippen LogP contribution in [0.5, 0.6) is 5.75 Å². The van der Waals surface area contributed by atoms with E-state index in [0.717, 1.165) is 6.07 Å². The monoisotopic (exact) mass is 526 g/mol. The molecule has 0 bridgehead atoms. The molecule has 198 valence electrons. The van der Waals surface area contributed by atoms with E-state index in [1.807, 2.05) is 0 Å². The van der Waals surface area contributed by atoms with E-state index in [9.17, 15) is 23.6 Å². The van der Waals surface area contributed by atoms with Crippen molar-refractivity contribution in [2.24, 2.45) is 5.73 Å². The number of aromatic nitrogens is 2. The number of rotatable bonds is 4. The second-order valence-corrected chi connectivity index (χ2v) is 8.86. The Hall–Kier alpha value is -4.52. The second kappa shape index (κ2) is 9.10. The van der Waals surface area contributed by atoms with Gasteiger partial charge in [0, 0.05) is 29.6 Å². The van der Waals surface area contributed by atoms with Crippen molar-refractivity contribution in [2.75, 3.05) is 7.05 Å². The SMILES string of the molecule is CC[C@@]1(OC(=O)OC(C)N)C(=O)OCc2c1cc1n(c2=O)Cc2cc3cc(OC(=O)NC)c(F)cc3nc2-1. The Labute approximate surface area is 214 Å². The highest BCUT2D eigenvalue weighted by Crippen LogP contribution is 2.41. The number of nitrogens with two attached hydrogens (primary N) is 1. The minimum Gasteiger partial charge on any atom is -0.457 e. The molecule has 1 unspecified atom stereocenters. The molecule has 1 aromatic carbocycles. The van der Waals surface area contributed by atoms with Gasteiger partial charge >= 0.3 is 18.2 Å². The summed E-state index contributed by atoms with van der Waals surface area (Å²) < 4.78 is 36.6. The Morgan fingerprint density at radius 1 is 1.29 bits per heavy atom. The molecule has 2 aromatic heterocycles. The number of halogens is 1. The van der Waals surface area contributed by atoms with E-state index in [1.54, 1.807) is 19.1 Å².